The first-order chi connectivity index (χ1) is 10.7. The molecule has 0 unspecified atom stereocenters. The third kappa shape index (κ3) is 5.57. The maximum atomic E-state index is 11.4. The second-order valence-electron chi connectivity index (χ2n) is 7.19. The van der Waals surface area contributed by atoms with Gasteiger partial charge in [0.15, 0.2) is 0 Å². The first kappa shape index (κ1) is 17.9. The highest BCUT2D eigenvalue weighted by atomic mass is 32.2. The summed E-state index contributed by atoms with van der Waals surface area (Å²) in [6.07, 6.45) is 10.3. The molecule has 23 heavy (non-hydrogen) atoms. The Hall–Kier alpha value is -1.49. The number of allylic oxidation sites excluding steroid dienone is 1. The molecule has 1 saturated carbocycles. The Labute approximate surface area is 140 Å². The molecule has 1 aliphatic rings. The van der Waals surface area contributed by atoms with Gasteiger partial charge < -0.3 is 4.74 Å². The zero-order valence-corrected chi connectivity index (χ0v) is 15.2. The summed E-state index contributed by atoms with van der Waals surface area (Å²) >= 11 is 0. The lowest BCUT2D eigenvalue weighted by molar-refractivity contribution is 0.214. The van der Waals surface area contributed by atoms with Crippen LogP contribution in [0.1, 0.15) is 45.1 Å². The third-order valence-corrected chi connectivity index (χ3v) is 5.07. The fraction of sp³-hybridized carbons (Fsp3) is 0.556. The van der Waals surface area contributed by atoms with Crippen molar-refractivity contribution in [1.82, 2.24) is 0 Å². The van der Waals surface area contributed by atoms with Gasteiger partial charge in [0, 0.05) is 11.3 Å². The number of benzene rings is 1. The highest BCUT2D eigenvalue weighted by molar-refractivity contribution is 7.92. The predicted molar refractivity (Wildman–Crippen MR) is 96.2 cm³/mol. The summed E-state index contributed by atoms with van der Waals surface area (Å²) in [4.78, 5) is 0. The summed E-state index contributed by atoms with van der Waals surface area (Å²) in [6.45, 7) is 4.66. The minimum absolute atomic E-state index is 0.460. The summed E-state index contributed by atoms with van der Waals surface area (Å²) in [5.74, 6) is 1.33. The Bertz CT molecular complexity index is 668. The van der Waals surface area contributed by atoms with Crippen molar-refractivity contribution < 1.29 is 13.2 Å². The lowest BCUT2D eigenvalue weighted by atomic mass is 9.73. The number of hydrogen-bond acceptors (Lipinski definition) is 3. The summed E-state index contributed by atoms with van der Waals surface area (Å²) < 4.78 is 30.6. The quantitative estimate of drug-likeness (QED) is 0.871. The van der Waals surface area contributed by atoms with Crippen LogP contribution in [0, 0.1) is 11.3 Å². The Morgan fingerprint density at radius 3 is 2.48 bits per heavy atom. The molecule has 0 bridgehead atoms. The molecule has 0 aliphatic heterocycles. The zero-order valence-electron chi connectivity index (χ0n) is 14.4. The molecule has 0 amide bonds. The van der Waals surface area contributed by atoms with E-state index in [0.717, 1.165) is 17.6 Å². The molecule has 0 heterocycles. The number of hydrogen-bond donors (Lipinski definition) is 1. The Morgan fingerprint density at radius 1 is 1.26 bits per heavy atom. The van der Waals surface area contributed by atoms with E-state index in [9.17, 15) is 8.42 Å². The van der Waals surface area contributed by atoms with Crippen LogP contribution in [-0.4, -0.2) is 21.8 Å². The Balaban J connectivity index is 2.14. The lowest BCUT2D eigenvalue weighted by Gasteiger charge is -2.33. The monoisotopic (exact) mass is 337 g/mol. The molecule has 1 aliphatic carbocycles. The molecule has 1 aromatic rings. The average Bonchev–Trinajstić information content (AvgIpc) is 2.44. The van der Waals surface area contributed by atoms with Gasteiger partial charge in [0.25, 0.3) is 0 Å². The average molecular weight is 337 g/mol. The minimum Gasteiger partial charge on any atom is -0.496 e. The SMILES string of the molecule is COc1ccc(NS(C)(=O)=O)cc1C=CC1CCC(C)(C)CC1. The number of rotatable bonds is 5. The summed E-state index contributed by atoms with van der Waals surface area (Å²) in [5.41, 5.74) is 1.91. The molecule has 0 radical (unpaired) electrons. The minimum atomic E-state index is -3.28. The van der Waals surface area contributed by atoms with Crippen LogP contribution in [-0.2, 0) is 10.0 Å². The molecular weight excluding hydrogens is 310 g/mol. The largest absolute Gasteiger partial charge is 0.496 e. The van der Waals surface area contributed by atoms with Crippen molar-refractivity contribution in [3.63, 3.8) is 0 Å². The highest BCUT2D eigenvalue weighted by Crippen LogP contribution is 2.38. The summed E-state index contributed by atoms with van der Waals surface area (Å²) in [6, 6.07) is 5.31. The van der Waals surface area contributed by atoms with Crippen LogP contribution in [0.25, 0.3) is 6.08 Å². The molecule has 1 N–H and O–H groups in total. The van der Waals surface area contributed by atoms with Crippen LogP contribution in [0.5, 0.6) is 5.75 Å². The van der Waals surface area contributed by atoms with Gasteiger partial charge in [-0.3, -0.25) is 4.72 Å². The maximum Gasteiger partial charge on any atom is 0.229 e. The number of anilines is 1. The van der Waals surface area contributed by atoms with E-state index in [2.05, 4.69) is 30.7 Å². The van der Waals surface area contributed by atoms with Crippen LogP contribution in [0.15, 0.2) is 24.3 Å². The van der Waals surface area contributed by atoms with E-state index in [1.807, 2.05) is 6.07 Å². The van der Waals surface area contributed by atoms with E-state index in [0.29, 0.717) is 17.0 Å². The van der Waals surface area contributed by atoms with Gasteiger partial charge >= 0.3 is 0 Å². The van der Waals surface area contributed by atoms with Gasteiger partial charge in [-0.15, -0.1) is 0 Å². The first-order valence-electron chi connectivity index (χ1n) is 8.03. The molecule has 128 valence electrons. The van der Waals surface area contributed by atoms with Crippen molar-refractivity contribution in [2.24, 2.45) is 11.3 Å². The topological polar surface area (TPSA) is 55.4 Å². The van der Waals surface area contributed by atoms with Crippen molar-refractivity contribution >= 4 is 21.8 Å². The number of ether oxygens (including phenoxy) is 1. The summed E-state index contributed by atoms with van der Waals surface area (Å²) in [5, 5.41) is 0. The van der Waals surface area contributed by atoms with E-state index in [1.54, 1.807) is 19.2 Å². The molecule has 0 aromatic heterocycles. The van der Waals surface area contributed by atoms with Crippen molar-refractivity contribution in [2.45, 2.75) is 39.5 Å². The van der Waals surface area contributed by atoms with E-state index in [4.69, 9.17) is 4.74 Å². The fourth-order valence-corrected chi connectivity index (χ4v) is 3.55. The Kier molecular flexibility index (Phi) is 5.40. The van der Waals surface area contributed by atoms with Crippen LogP contribution >= 0.6 is 0 Å². The van der Waals surface area contributed by atoms with Gasteiger partial charge in [-0.1, -0.05) is 26.0 Å². The second-order valence-corrected chi connectivity index (χ2v) is 8.94. The highest BCUT2D eigenvalue weighted by Gasteiger charge is 2.25. The third-order valence-electron chi connectivity index (χ3n) is 4.46. The maximum absolute atomic E-state index is 11.4. The van der Waals surface area contributed by atoms with Crippen molar-refractivity contribution in [2.75, 3.05) is 18.1 Å². The van der Waals surface area contributed by atoms with Gasteiger partial charge in [-0.2, -0.15) is 0 Å². The molecule has 5 heteroatoms. The van der Waals surface area contributed by atoms with E-state index < -0.39 is 10.0 Å². The fourth-order valence-electron chi connectivity index (χ4n) is 3.00. The summed E-state index contributed by atoms with van der Waals surface area (Å²) in [7, 11) is -1.65. The molecule has 4 nitrogen and oxygen atoms in total. The second kappa shape index (κ2) is 6.95. The van der Waals surface area contributed by atoms with Gasteiger partial charge in [0.2, 0.25) is 10.0 Å². The van der Waals surface area contributed by atoms with Crippen LogP contribution in [0.2, 0.25) is 0 Å². The van der Waals surface area contributed by atoms with E-state index in [-0.39, 0.29) is 0 Å². The van der Waals surface area contributed by atoms with E-state index >= 15 is 0 Å². The molecular formula is C18H27NO3S. The van der Waals surface area contributed by atoms with Crippen molar-refractivity contribution in [3.05, 3.63) is 29.8 Å². The molecule has 0 atom stereocenters. The van der Waals surface area contributed by atoms with E-state index in [1.165, 1.54) is 25.7 Å². The van der Waals surface area contributed by atoms with Crippen molar-refractivity contribution in [1.29, 1.82) is 0 Å². The molecule has 2 rings (SSSR count). The lowest BCUT2D eigenvalue weighted by Crippen LogP contribution is -2.20. The van der Waals surface area contributed by atoms with Crippen LogP contribution in [0.4, 0.5) is 5.69 Å². The van der Waals surface area contributed by atoms with Gasteiger partial charge in [-0.05, 0) is 55.2 Å². The predicted octanol–water partition coefficient (Wildman–Crippen LogP) is 4.30. The number of nitrogens with one attached hydrogen (secondary N) is 1. The number of methoxy groups -OCH3 is 1. The molecule has 0 saturated heterocycles. The van der Waals surface area contributed by atoms with Crippen LogP contribution < -0.4 is 9.46 Å². The zero-order chi connectivity index (χ0) is 17.1. The van der Waals surface area contributed by atoms with Gasteiger partial charge in [0.05, 0.1) is 13.4 Å². The number of sulfonamides is 1. The molecule has 1 fully saturated rings. The smallest absolute Gasteiger partial charge is 0.229 e. The normalized spacial score (nSPS) is 19.0. The van der Waals surface area contributed by atoms with Gasteiger partial charge in [-0.25, -0.2) is 8.42 Å². The van der Waals surface area contributed by atoms with Gasteiger partial charge in [0.1, 0.15) is 5.75 Å². The standard InChI is InChI=1S/C18H27NO3S/c1-18(2)11-9-14(10-12-18)5-6-15-13-16(19-23(4,20)21)7-8-17(15)22-3/h5-8,13-14,19H,9-12H2,1-4H3. The van der Waals surface area contributed by atoms with Crippen molar-refractivity contribution in [3.8, 4) is 5.75 Å². The molecule has 0 spiro atoms. The Morgan fingerprint density at radius 2 is 1.91 bits per heavy atom. The molecule has 1 aromatic carbocycles. The van der Waals surface area contributed by atoms with Crippen LogP contribution in [0.3, 0.4) is 0 Å². The first-order valence-corrected chi connectivity index (χ1v) is 9.92.